The normalized spacial score (nSPS) is 21.7. The zero-order valence-corrected chi connectivity index (χ0v) is 13.8. The molecule has 0 bridgehead atoms. The number of nitrogens with zero attached hydrogens (tertiary/aromatic N) is 4. The maximum atomic E-state index is 4.46. The van der Waals surface area contributed by atoms with Crippen LogP contribution >= 0.6 is 0 Å². The molecular weight excluding hydrogens is 272 g/mol. The molecule has 3 heterocycles. The topological polar surface area (TPSA) is 22.6 Å². The highest BCUT2D eigenvalue weighted by Crippen LogP contribution is 2.13. The van der Waals surface area contributed by atoms with E-state index in [2.05, 4.69) is 31.8 Å². The van der Waals surface area contributed by atoms with Crippen molar-refractivity contribution in [1.29, 1.82) is 0 Å². The highest BCUT2D eigenvalue weighted by Gasteiger charge is 2.17. The monoisotopic (exact) mass is 302 g/mol. The molecule has 2 aliphatic rings. The number of piperazine rings is 1. The van der Waals surface area contributed by atoms with Gasteiger partial charge in [0.2, 0.25) is 0 Å². The third kappa shape index (κ3) is 4.68. The van der Waals surface area contributed by atoms with Gasteiger partial charge in [-0.2, -0.15) is 0 Å². The molecule has 0 atom stereocenters. The number of anilines is 1. The van der Waals surface area contributed by atoms with Crippen molar-refractivity contribution in [2.75, 3.05) is 57.3 Å². The van der Waals surface area contributed by atoms with E-state index in [-0.39, 0.29) is 0 Å². The molecule has 2 fully saturated rings. The number of hydrogen-bond donors (Lipinski definition) is 0. The van der Waals surface area contributed by atoms with Crippen LogP contribution in [0, 0.1) is 0 Å². The van der Waals surface area contributed by atoms with Gasteiger partial charge >= 0.3 is 0 Å². The Morgan fingerprint density at radius 2 is 1.45 bits per heavy atom. The van der Waals surface area contributed by atoms with E-state index in [9.17, 15) is 0 Å². The van der Waals surface area contributed by atoms with Gasteiger partial charge in [-0.15, -0.1) is 0 Å². The molecule has 0 N–H and O–H groups in total. The van der Waals surface area contributed by atoms with Crippen molar-refractivity contribution in [3.05, 3.63) is 24.4 Å². The Labute approximate surface area is 135 Å². The average molecular weight is 302 g/mol. The average Bonchev–Trinajstić information content (AvgIpc) is 2.85. The van der Waals surface area contributed by atoms with Crippen LogP contribution in [0.5, 0.6) is 0 Å². The maximum Gasteiger partial charge on any atom is 0.128 e. The Morgan fingerprint density at radius 3 is 2.09 bits per heavy atom. The van der Waals surface area contributed by atoms with Gasteiger partial charge in [0.15, 0.2) is 0 Å². The van der Waals surface area contributed by atoms with Crippen LogP contribution < -0.4 is 4.90 Å². The number of pyridine rings is 1. The Bertz CT molecular complexity index is 406. The summed E-state index contributed by atoms with van der Waals surface area (Å²) in [6.07, 6.45) is 8.90. The highest BCUT2D eigenvalue weighted by molar-refractivity contribution is 5.38. The number of likely N-dealkylation sites (tertiary alicyclic amines) is 1. The Hall–Kier alpha value is -1.13. The van der Waals surface area contributed by atoms with Gasteiger partial charge in [-0.05, 0) is 57.6 Å². The molecule has 1 aromatic heterocycles. The summed E-state index contributed by atoms with van der Waals surface area (Å²) >= 11 is 0. The van der Waals surface area contributed by atoms with Gasteiger partial charge in [0, 0.05) is 32.4 Å². The maximum absolute atomic E-state index is 4.46. The van der Waals surface area contributed by atoms with Gasteiger partial charge < -0.3 is 9.80 Å². The molecule has 122 valence electrons. The minimum atomic E-state index is 1.11. The lowest BCUT2D eigenvalue weighted by molar-refractivity contribution is 0.222. The number of aromatic nitrogens is 1. The molecule has 4 nitrogen and oxygen atoms in total. The summed E-state index contributed by atoms with van der Waals surface area (Å²) in [5.41, 5.74) is 0. The predicted octanol–water partition coefficient (Wildman–Crippen LogP) is 2.47. The van der Waals surface area contributed by atoms with Crippen molar-refractivity contribution in [2.24, 2.45) is 0 Å². The summed E-state index contributed by atoms with van der Waals surface area (Å²) in [4.78, 5) is 12.2. The van der Waals surface area contributed by atoms with Crippen LogP contribution in [-0.2, 0) is 0 Å². The van der Waals surface area contributed by atoms with E-state index in [0.717, 1.165) is 18.9 Å². The zero-order chi connectivity index (χ0) is 15.0. The lowest BCUT2D eigenvalue weighted by Crippen LogP contribution is -2.47. The molecule has 3 rings (SSSR count). The fourth-order valence-corrected chi connectivity index (χ4v) is 3.62. The highest BCUT2D eigenvalue weighted by atomic mass is 15.3. The zero-order valence-electron chi connectivity index (χ0n) is 13.8. The predicted molar refractivity (Wildman–Crippen MR) is 92.4 cm³/mol. The summed E-state index contributed by atoms with van der Waals surface area (Å²) in [5, 5.41) is 0. The molecule has 0 aromatic carbocycles. The van der Waals surface area contributed by atoms with E-state index in [0.29, 0.717) is 0 Å². The first kappa shape index (κ1) is 15.8. The van der Waals surface area contributed by atoms with Crippen LogP contribution in [0.2, 0.25) is 0 Å². The molecule has 0 aliphatic carbocycles. The molecular formula is C18H30N4. The molecule has 0 amide bonds. The van der Waals surface area contributed by atoms with Crippen LogP contribution in [0.1, 0.15) is 32.1 Å². The summed E-state index contributed by atoms with van der Waals surface area (Å²) < 4.78 is 0. The van der Waals surface area contributed by atoms with E-state index in [4.69, 9.17) is 0 Å². The summed E-state index contributed by atoms with van der Waals surface area (Å²) in [7, 11) is 0. The molecule has 0 unspecified atom stereocenters. The minimum Gasteiger partial charge on any atom is -0.354 e. The van der Waals surface area contributed by atoms with Crippen molar-refractivity contribution in [3.63, 3.8) is 0 Å². The van der Waals surface area contributed by atoms with E-state index in [1.54, 1.807) is 0 Å². The fraction of sp³-hybridized carbons (Fsp3) is 0.722. The Balaban J connectivity index is 1.34. The van der Waals surface area contributed by atoms with Crippen molar-refractivity contribution >= 4 is 5.82 Å². The van der Waals surface area contributed by atoms with Crippen LogP contribution in [0.25, 0.3) is 0 Å². The lowest BCUT2D eigenvalue weighted by atomic mass is 10.2. The first-order chi connectivity index (χ1) is 10.9. The van der Waals surface area contributed by atoms with E-state index in [1.165, 1.54) is 71.4 Å². The van der Waals surface area contributed by atoms with E-state index >= 15 is 0 Å². The second kappa shape index (κ2) is 8.49. The Morgan fingerprint density at radius 1 is 0.773 bits per heavy atom. The second-order valence-electron chi connectivity index (χ2n) is 6.63. The van der Waals surface area contributed by atoms with Crippen LogP contribution in [0.4, 0.5) is 5.82 Å². The third-order valence-corrected chi connectivity index (χ3v) is 4.99. The van der Waals surface area contributed by atoms with Gasteiger partial charge in [0.25, 0.3) is 0 Å². The summed E-state index contributed by atoms with van der Waals surface area (Å²) in [6.45, 7) is 9.78. The number of rotatable bonds is 5. The molecule has 2 saturated heterocycles. The van der Waals surface area contributed by atoms with Gasteiger partial charge in [0.05, 0.1) is 0 Å². The molecule has 0 spiro atoms. The molecule has 0 radical (unpaired) electrons. The van der Waals surface area contributed by atoms with Gasteiger partial charge in [-0.3, -0.25) is 4.90 Å². The first-order valence-electron chi connectivity index (χ1n) is 9.02. The van der Waals surface area contributed by atoms with Crippen LogP contribution in [0.3, 0.4) is 0 Å². The Kier molecular flexibility index (Phi) is 6.08. The largest absolute Gasteiger partial charge is 0.354 e. The molecule has 2 aliphatic heterocycles. The second-order valence-corrected chi connectivity index (χ2v) is 6.63. The molecule has 1 aromatic rings. The number of hydrogen-bond acceptors (Lipinski definition) is 4. The molecule has 4 heteroatoms. The summed E-state index contributed by atoms with van der Waals surface area (Å²) in [6, 6.07) is 6.19. The van der Waals surface area contributed by atoms with Gasteiger partial charge in [0.1, 0.15) is 5.82 Å². The van der Waals surface area contributed by atoms with Crippen molar-refractivity contribution in [2.45, 2.75) is 32.1 Å². The minimum absolute atomic E-state index is 1.11. The van der Waals surface area contributed by atoms with Gasteiger partial charge in [-0.1, -0.05) is 18.9 Å². The smallest absolute Gasteiger partial charge is 0.128 e. The van der Waals surface area contributed by atoms with Crippen molar-refractivity contribution in [1.82, 2.24) is 14.8 Å². The third-order valence-electron chi connectivity index (χ3n) is 4.99. The van der Waals surface area contributed by atoms with Gasteiger partial charge in [-0.25, -0.2) is 4.98 Å². The quantitative estimate of drug-likeness (QED) is 0.833. The van der Waals surface area contributed by atoms with E-state index in [1.807, 2.05) is 12.3 Å². The standard InChI is InChI=1S/C18H30N4/c1-2-6-11-20(10-5-1)12-7-13-21-14-16-22(17-15-21)18-8-3-4-9-19-18/h3-4,8-9H,1-2,5-7,10-17H2. The first-order valence-corrected chi connectivity index (χ1v) is 9.02. The molecule has 0 saturated carbocycles. The SMILES string of the molecule is c1ccc(N2CCN(CCCN3CCCCCC3)CC2)nc1. The fourth-order valence-electron chi connectivity index (χ4n) is 3.62. The van der Waals surface area contributed by atoms with E-state index < -0.39 is 0 Å². The van der Waals surface area contributed by atoms with Crippen LogP contribution in [-0.4, -0.2) is 67.1 Å². The summed E-state index contributed by atoms with van der Waals surface area (Å²) in [5.74, 6) is 1.13. The van der Waals surface area contributed by atoms with Crippen molar-refractivity contribution < 1.29 is 0 Å². The van der Waals surface area contributed by atoms with Crippen molar-refractivity contribution in [3.8, 4) is 0 Å². The molecule has 22 heavy (non-hydrogen) atoms. The lowest BCUT2D eigenvalue weighted by Gasteiger charge is -2.35. The van der Waals surface area contributed by atoms with Crippen LogP contribution in [0.15, 0.2) is 24.4 Å².